The Balaban J connectivity index is 1.62. The second-order valence-corrected chi connectivity index (χ2v) is 7.81. The van der Waals surface area contributed by atoms with Crippen LogP contribution in [0.1, 0.15) is 25.7 Å². The molecular weight excluding hydrogens is 316 g/mol. The third-order valence-electron chi connectivity index (χ3n) is 3.78. The molecule has 1 atom stereocenters. The van der Waals surface area contributed by atoms with E-state index in [0.29, 0.717) is 37.8 Å². The van der Waals surface area contributed by atoms with Gasteiger partial charge in [-0.3, -0.25) is 4.79 Å². The molecule has 0 aliphatic carbocycles. The third-order valence-corrected chi connectivity index (χ3v) is 4.91. The maximum Gasteiger partial charge on any atom is 0.220 e. The number of hydrogen-bond acceptors (Lipinski definition) is 5. The van der Waals surface area contributed by atoms with Crippen molar-refractivity contribution in [2.45, 2.75) is 36.6 Å². The number of carbonyl (C=O) groups excluding carboxylic acids is 1. The van der Waals surface area contributed by atoms with E-state index in [1.54, 1.807) is 12.1 Å². The van der Waals surface area contributed by atoms with Crippen LogP contribution in [0.3, 0.4) is 0 Å². The topological polar surface area (TPSA) is 84.5 Å². The SMILES string of the molecule is CS(=O)(=O)c1ccc(OCCCC(=O)NCC2CCCN2)cc1. The Morgan fingerprint density at radius 3 is 2.70 bits per heavy atom. The molecule has 1 aromatic rings. The number of hydrogen-bond donors (Lipinski definition) is 2. The third kappa shape index (κ3) is 6.19. The zero-order valence-electron chi connectivity index (χ0n) is 13.4. The van der Waals surface area contributed by atoms with Crippen molar-refractivity contribution in [3.05, 3.63) is 24.3 Å². The van der Waals surface area contributed by atoms with Crippen LogP contribution in [0.15, 0.2) is 29.2 Å². The Labute approximate surface area is 137 Å². The van der Waals surface area contributed by atoms with Crippen LogP contribution in [0.5, 0.6) is 5.75 Å². The lowest BCUT2D eigenvalue weighted by Crippen LogP contribution is -2.37. The molecule has 1 aromatic carbocycles. The van der Waals surface area contributed by atoms with Crippen LogP contribution in [0.4, 0.5) is 0 Å². The maximum absolute atomic E-state index is 11.7. The maximum atomic E-state index is 11.7. The lowest BCUT2D eigenvalue weighted by Gasteiger charge is -2.11. The van der Waals surface area contributed by atoms with E-state index in [9.17, 15) is 13.2 Å². The highest BCUT2D eigenvalue weighted by molar-refractivity contribution is 7.90. The minimum Gasteiger partial charge on any atom is -0.494 e. The van der Waals surface area contributed by atoms with Crippen molar-refractivity contribution in [2.24, 2.45) is 0 Å². The minimum atomic E-state index is -3.18. The first-order chi connectivity index (χ1) is 10.9. The molecule has 2 N–H and O–H groups in total. The van der Waals surface area contributed by atoms with Crippen molar-refractivity contribution >= 4 is 15.7 Å². The van der Waals surface area contributed by atoms with E-state index in [4.69, 9.17) is 4.74 Å². The van der Waals surface area contributed by atoms with Gasteiger partial charge in [-0.15, -0.1) is 0 Å². The first-order valence-corrected chi connectivity index (χ1v) is 9.77. The lowest BCUT2D eigenvalue weighted by molar-refractivity contribution is -0.121. The second-order valence-electron chi connectivity index (χ2n) is 5.79. The van der Waals surface area contributed by atoms with Crippen LogP contribution in [0.25, 0.3) is 0 Å². The first-order valence-electron chi connectivity index (χ1n) is 7.88. The molecule has 2 rings (SSSR count). The molecule has 1 heterocycles. The summed E-state index contributed by atoms with van der Waals surface area (Å²) in [4.78, 5) is 12.0. The van der Waals surface area contributed by atoms with E-state index < -0.39 is 9.84 Å². The molecular formula is C16H24N2O4S. The standard InChI is InChI=1S/C16H24N2O4S/c1-23(20,21)15-8-6-14(7-9-15)22-11-3-5-16(19)18-12-13-4-2-10-17-13/h6-9,13,17H,2-5,10-12H2,1H3,(H,18,19). The average molecular weight is 340 g/mol. The van der Waals surface area contributed by atoms with Gasteiger partial charge in [-0.05, 0) is 50.1 Å². The van der Waals surface area contributed by atoms with Crippen LogP contribution < -0.4 is 15.4 Å². The molecule has 6 nitrogen and oxygen atoms in total. The molecule has 1 amide bonds. The van der Waals surface area contributed by atoms with Crippen LogP contribution >= 0.6 is 0 Å². The van der Waals surface area contributed by atoms with Crippen molar-refractivity contribution in [3.63, 3.8) is 0 Å². The summed E-state index contributed by atoms with van der Waals surface area (Å²) < 4.78 is 28.2. The van der Waals surface area contributed by atoms with Gasteiger partial charge in [0.1, 0.15) is 5.75 Å². The summed E-state index contributed by atoms with van der Waals surface area (Å²) in [7, 11) is -3.18. The molecule has 128 valence electrons. The lowest BCUT2D eigenvalue weighted by atomic mass is 10.2. The summed E-state index contributed by atoms with van der Waals surface area (Å²) in [5.41, 5.74) is 0. The Bertz CT molecular complexity index is 607. The molecule has 0 bridgehead atoms. The predicted octanol–water partition coefficient (Wildman–Crippen LogP) is 1.12. The van der Waals surface area contributed by atoms with Crippen molar-refractivity contribution in [3.8, 4) is 5.75 Å². The summed E-state index contributed by atoms with van der Waals surface area (Å²) >= 11 is 0. The molecule has 1 aliphatic rings. The minimum absolute atomic E-state index is 0.0368. The van der Waals surface area contributed by atoms with E-state index in [2.05, 4.69) is 10.6 Å². The summed E-state index contributed by atoms with van der Waals surface area (Å²) in [6.45, 7) is 2.15. The Morgan fingerprint density at radius 1 is 1.35 bits per heavy atom. The van der Waals surface area contributed by atoms with Crippen molar-refractivity contribution in [1.29, 1.82) is 0 Å². The van der Waals surface area contributed by atoms with E-state index >= 15 is 0 Å². The number of nitrogens with one attached hydrogen (secondary N) is 2. The monoisotopic (exact) mass is 340 g/mol. The van der Waals surface area contributed by atoms with E-state index in [1.807, 2.05) is 0 Å². The summed E-state index contributed by atoms with van der Waals surface area (Å²) in [6.07, 6.45) is 4.51. The highest BCUT2D eigenvalue weighted by Crippen LogP contribution is 2.16. The van der Waals surface area contributed by atoms with Gasteiger partial charge in [-0.25, -0.2) is 8.42 Å². The number of sulfone groups is 1. The van der Waals surface area contributed by atoms with Gasteiger partial charge < -0.3 is 15.4 Å². The van der Waals surface area contributed by atoms with Crippen molar-refractivity contribution < 1.29 is 17.9 Å². The second kappa shape index (κ2) is 8.31. The normalized spacial score (nSPS) is 17.9. The van der Waals surface area contributed by atoms with Gasteiger partial charge in [0.05, 0.1) is 11.5 Å². The number of ether oxygens (including phenoxy) is 1. The van der Waals surface area contributed by atoms with Gasteiger partial charge in [0, 0.05) is 25.3 Å². The zero-order valence-corrected chi connectivity index (χ0v) is 14.2. The number of benzene rings is 1. The Morgan fingerprint density at radius 2 is 2.09 bits per heavy atom. The first kappa shape index (κ1) is 17.7. The molecule has 1 saturated heterocycles. The highest BCUT2D eigenvalue weighted by atomic mass is 32.2. The smallest absolute Gasteiger partial charge is 0.220 e. The molecule has 7 heteroatoms. The fourth-order valence-electron chi connectivity index (χ4n) is 2.46. The van der Waals surface area contributed by atoms with Crippen LogP contribution in [0, 0.1) is 0 Å². The Hall–Kier alpha value is -1.60. The Kier molecular flexibility index (Phi) is 6.41. The fourth-order valence-corrected chi connectivity index (χ4v) is 3.09. The van der Waals surface area contributed by atoms with E-state index in [1.165, 1.54) is 24.8 Å². The highest BCUT2D eigenvalue weighted by Gasteiger charge is 2.14. The van der Waals surface area contributed by atoms with Crippen LogP contribution in [-0.4, -0.2) is 46.3 Å². The summed E-state index contributed by atoms with van der Waals surface area (Å²) in [6, 6.07) is 6.70. The van der Waals surface area contributed by atoms with Gasteiger partial charge >= 0.3 is 0 Å². The fraction of sp³-hybridized carbons (Fsp3) is 0.562. The van der Waals surface area contributed by atoms with Crippen molar-refractivity contribution in [2.75, 3.05) is 26.0 Å². The zero-order chi connectivity index (χ0) is 16.7. The van der Waals surface area contributed by atoms with Gasteiger partial charge in [0.25, 0.3) is 0 Å². The van der Waals surface area contributed by atoms with Crippen LogP contribution in [0.2, 0.25) is 0 Å². The molecule has 0 spiro atoms. The van der Waals surface area contributed by atoms with E-state index in [-0.39, 0.29) is 10.8 Å². The van der Waals surface area contributed by atoms with Gasteiger partial charge in [0.15, 0.2) is 9.84 Å². The molecule has 23 heavy (non-hydrogen) atoms. The number of amides is 1. The van der Waals surface area contributed by atoms with E-state index in [0.717, 1.165) is 13.0 Å². The molecule has 0 radical (unpaired) electrons. The molecule has 1 fully saturated rings. The van der Waals surface area contributed by atoms with Gasteiger partial charge in [0.2, 0.25) is 5.91 Å². The van der Waals surface area contributed by atoms with Crippen molar-refractivity contribution in [1.82, 2.24) is 10.6 Å². The quantitative estimate of drug-likeness (QED) is 0.693. The van der Waals surface area contributed by atoms with Gasteiger partial charge in [-0.2, -0.15) is 0 Å². The van der Waals surface area contributed by atoms with Crippen LogP contribution in [-0.2, 0) is 14.6 Å². The van der Waals surface area contributed by atoms with Gasteiger partial charge in [-0.1, -0.05) is 0 Å². The summed E-state index contributed by atoms with van der Waals surface area (Å²) in [5, 5.41) is 6.26. The number of carbonyl (C=O) groups is 1. The molecule has 1 unspecified atom stereocenters. The molecule has 1 aliphatic heterocycles. The largest absolute Gasteiger partial charge is 0.494 e. The molecule has 0 aromatic heterocycles. The summed E-state index contributed by atoms with van der Waals surface area (Å²) in [5.74, 6) is 0.641. The number of rotatable bonds is 8. The predicted molar refractivity (Wildman–Crippen MR) is 88.3 cm³/mol. The average Bonchev–Trinajstić information content (AvgIpc) is 3.02. The molecule has 0 saturated carbocycles.